The highest BCUT2D eigenvalue weighted by atomic mass is 127. The Bertz CT molecular complexity index is 487. The molecular weight excluding hydrogens is 469 g/mol. The number of hydrogen-bond acceptors (Lipinski definition) is 4. The summed E-state index contributed by atoms with van der Waals surface area (Å²) in [4.78, 5) is 20.4. The fourth-order valence-corrected chi connectivity index (χ4v) is 3.78. The number of aliphatic imine (C=N–C) groups is 1. The number of carbonyl (C=O) groups excluding carboxylic acids is 1. The van der Waals surface area contributed by atoms with Crippen LogP contribution in [-0.2, 0) is 9.53 Å². The van der Waals surface area contributed by atoms with Gasteiger partial charge in [0.15, 0.2) is 5.96 Å². The average Bonchev–Trinajstić information content (AvgIpc) is 3.19. The Kier molecular flexibility index (Phi) is 11.7. The quantitative estimate of drug-likeness (QED) is 0.297. The highest BCUT2D eigenvalue weighted by Gasteiger charge is 2.31. The molecule has 1 heterocycles. The summed E-state index contributed by atoms with van der Waals surface area (Å²) in [6, 6.07) is 0. The van der Waals surface area contributed by atoms with Gasteiger partial charge in [0.2, 0.25) is 5.91 Å². The topological polar surface area (TPSA) is 69.2 Å². The third-order valence-corrected chi connectivity index (χ3v) is 5.87. The van der Waals surface area contributed by atoms with Crippen molar-refractivity contribution < 1.29 is 9.53 Å². The minimum Gasteiger partial charge on any atom is -0.379 e. The summed E-state index contributed by atoms with van der Waals surface area (Å²) in [5.41, 5.74) is 0.231. The molecule has 0 radical (unpaired) electrons. The molecule has 1 aliphatic heterocycles. The van der Waals surface area contributed by atoms with Crippen molar-refractivity contribution >= 4 is 35.8 Å². The van der Waals surface area contributed by atoms with Crippen molar-refractivity contribution in [2.24, 2.45) is 16.3 Å². The number of amides is 1. The van der Waals surface area contributed by atoms with E-state index in [1.165, 1.54) is 25.7 Å². The van der Waals surface area contributed by atoms with Gasteiger partial charge in [-0.2, -0.15) is 0 Å². The van der Waals surface area contributed by atoms with Gasteiger partial charge in [0, 0.05) is 46.8 Å². The molecule has 1 saturated carbocycles. The lowest BCUT2D eigenvalue weighted by Crippen LogP contribution is -2.47. The van der Waals surface area contributed by atoms with Gasteiger partial charge in [0.25, 0.3) is 0 Å². The first kappa shape index (κ1) is 25.4. The second-order valence-electron chi connectivity index (χ2n) is 8.66. The molecule has 164 valence electrons. The lowest BCUT2D eigenvalue weighted by Gasteiger charge is -2.32. The molecule has 0 unspecified atom stereocenters. The molecule has 0 aromatic rings. The molecule has 1 aliphatic carbocycles. The zero-order chi connectivity index (χ0) is 19.7. The Hall–Kier alpha value is -0.610. The molecule has 0 aromatic carbocycles. The summed E-state index contributed by atoms with van der Waals surface area (Å²) in [6.07, 6.45) is 5.35. The maximum absolute atomic E-state index is 11.9. The third-order valence-electron chi connectivity index (χ3n) is 5.87. The van der Waals surface area contributed by atoms with E-state index in [1.54, 1.807) is 19.0 Å². The zero-order valence-electron chi connectivity index (χ0n) is 18.1. The fourth-order valence-electron chi connectivity index (χ4n) is 3.78. The molecule has 1 amide bonds. The summed E-state index contributed by atoms with van der Waals surface area (Å²) < 4.78 is 5.40. The predicted octanol–water partition coefficient (Wildman–Crippen LogP) is 1.78. The lowest BCUT2D eigenvalue weighted by atomic mass is 9.78. The Morgan fingerprint density at radius 3 is 2.43 bits per heavy atom. The van der Waals surface area contributed by atoms with Crippen LogP contribution in [0.4, 0.5) is 0 Å². The largest absolute Gasteiger partial charge is 0.379 e. The van der Waals surface area contributed by atoms with Crippen molar-refractivity contribution in [2.45, 2.75) is 39.5 Å². The van der Waals surface area contributed by atoms with Crippen LogP contribution in [0.15, 0.2) is 4.99 Å². The highest BCUT2D eigenvalue weighted by Crippen LogP contribution is 2.38. The molecule has 2 fully saturated rings. The summed E-state index contributed by atoms with van der Waals surface area (Å²) >= 11 is 0. The van der Waals surface area contributed by atoms with Gasteiger partial charge in [-0.25, -0.2) is 4.99 Å². The molecule has 2 N–H and O–H groups in total. The Morgan fingerprint density at radius 2 is 1.82 bits per heavy atom. The SMILES string of the molecule is CN(C)C(=O)CN=C(NCCN1CCOCC1)NCC(C)(C)C1CCCC1.I. The first-order valence-electron chi connectivity index (χ1n) is 10.4. The van der Waals surface area contributed by atoms with E-state index < -0.39 is 0 Å². The predicted molar refractivity (Wildman–Crippen MR) is 125 cm³/mol. The summed E-state index contributed by atoms with van der Waals surface area (Å²) in [7, 11) is 3.53. The van der Waals surface area contributed by atoms with E-state index >= 15 is 0 Å². The molecule has 8 heteroatoms. The minimum atomic E-state index is 0. The number of carbonyl (C=O) groups is 1. The molecule has 7 nitrogen and oxygen atoms in total. The number of nitrogens with zero attached hydrogens (tertiary/aromatic N) is 3. The second kappa shape index (κ2) is 12.8. The minimum absolute atomic E-state index is 0. The molecule has 1 saturated heterocycles. The number of rotatable bonds is 8. The number of morpholine rings is 1. The van der Waals surface area contributed by atoms with E-state index in [4.69, 9.17) is 4.74 Å². The molecule has 0 aromatic heterocycles. The van der Waals surface area contributed by atoms with Gasteiger partial charge in [-0.1, -0.05) is 26.7 Å². The van der Waals surface area contributed by atoms with Gasteiger partial charge in [-0.15, -0.1) is 24.0 Å². The van der Waals surface area contributed by atoms with E-state index in [0.29, 0.717) is 0 Å². The molecule has 2 aliphatic rings. The van der Waals surface area contributed by atoms with Crippen molar-refractivity contribution in [3.05, 3.63) is 0 Å². The number of nitrogens with one attached hydrogen (secondary N) is 2. The van der Waals surface area contributed by atoms with Crippen LogP contribution in [0.5, 0.6) is 0 Å². The van der Waals surface area contributed by atoms with Gasteiger partial charge in [-0.3, -0.25) is 9.69 Å². The van der Waals surface area contributed by atoms with Crippen molar-refractivity contribution in [2.75, 3.05) is 66.6 Å². The van der Waals surface area contributed by atoms with Gasteiger partial charge in [-0.05, 0) is 24.2 Å². The van der Waals surface area contributed by atoms with E-state index in [-0.39, 0.29) is 41.8 Å². The molecule has 0 bridgehead atoms. The Balaban J connectivity index is 0.00000392. The second-order valence-corrected chi connectivity index (χ2v) is 8.66. The van der Waals surface area contributed by atoms with Crippen LogP contribution in [0, 0.1) is 11.3 Å². The van der Waals surface area contributed by atoms with Crippen LogP contribution in [-0.4, -0.2) is 88.2 Å². The monoisotopic (exact) mass is 509 g/mol. The van der Waals surface area contributed by atoms with Crippen LogP contribution in [0.1, 0.15) is 39.5 Å². The Labute approximate surface area is 188 Å². The average molecular weight is 509 g/mol. The summed E-state index contributed by atoms with van der Waals surface area (Å²) in [5, 5.41) is 6.90. The highest BCUT2D eigenvalue weighted by molar-refractivity contribution is 14.0. The zero-order valence-corrected chi connectivity index (χ0v) is 20.5. The summed E-state index contributed by atoms with van der Waals surface area (Å²) in [5.74, 6) is 1.52. The van der Waals surface area contributed by atoms with Crippen LogP contribution < -0.4 is 10.6 Å². The van der Waals surface area contributed by atoms with Crippen molar-refractivity contribution in [3.63, 3.8) is 0 Å². The van der Waals surface area contributed by atoms with E-state index in [1.807, 2.05) is 0 Å². The van der Waals surface area contributed by atoms with E-state index in [0.717, 1.165) is 57.8 Å². The normalized spacial score (nSPS) is 19.2. The van der Waals surface area contributed by atoms with Crippen LogP contribution in [0.2, 0.25) is 0 Å². The fraction of sp³-hybridized carbons (Fsp3) is 0.900. The molecule has 28 heavy (non-hydrogen) atoms. The lowest BCUT2D eigenvalue weighted by molar-refractivity contribution is -0.127. The number of guanidine groups is 1. The van der Waals surface area contributed by atoms with Gasteiger partial charge < -0.3 is 20.3 Å². The maximum Gasteiger partial charge on any atom is 0.243 e. The molecule has 0 atom stereocenters. The first-order valence-corrected chi connectivity index (χ1v) is 10.4. The van der Waals surface area contributed by atoms with Gasteiger partial charge in [0.1, 0.15) is 6.54 Å². The van der Waals surface area contributed by atoms with E-state index in [9.17, 15) is 4.79 Å². The third kappa shape index (κ3) is 8.82. The van der Waals surface area contributed by atoms with Gasteiger partial charge >= 0.3 is 0 Å². The number of hydrogen-bond donors (Lipinski definition) is 2. The van der Waals surface area contributed by atoms with Crippen molar-refractivity contribution in [1.29, 1.82) is 0 Å². The number of halogens is 1. The van der Waals surface area contributed by atoms with Crippen molar-refractivity contribution in [3.8, 4) is 0 Å². The molecule has 2 rings (SSSR count). The number of likely N-dealkylation sites (N-methyl/N-ethyl adjacent to an activating group) is 1. The standard InChI is InChI=1S/C20H39N5O2.HI/c1-20(2,17-7-5-6-8-17)16-23-19(22-15-18(26)24(3)4)21-9-10-25-11-13-27-14-12-25;/h17H,5-16H2,1-4H3,(H2,21,22,23);1H. The summed E-state index contributed by atoms with van der Waals surface area (Å²) in [6.45, 7) is 11.1. The molecule has 0 spiro atoms. The smallest absolute Gasteiger partial charge is 0.243 e. The van der Waals surface area contributed by atoms with E-state index in [2.05, 4.69) is 34.4 Å². The van der Waals surface area contributed by atoms with Crippen molar-refractivity contribution in [1.82, 2.24) is 20.4 Å². The maximum atomic E-state index is 11.9. The van der Waals surface area contributed by atoms with Crippen LogP contribution in [0.25, 0.3) is 0 Å². The van der Waals surface area contributed by atoms with Crippen LogP contribution >= 0.6 is 24.0 Å². The number of ether oxygens (including phenoxy) is 1. The van der Waals surface area contributed by atoms with Gasteiger partial charge in [0.05, 0.1) is 13.2 Å². The Morgan fingerprint density at radius 1 is 1.18 bits per heavy atom. The first-order chi connectivity index (χ1) is 12.9. The molecular formula is C20H40IN5O2. The van der Waals surface area contributed by atoms with Crippen LogP contribution in [0.3, 0.4) is 0 Å².